The number of carbonyl (C=O) groups is 1. The molecule has 0 aliphatic rings. The number of nitro groups is 2. The van der Waals surface area contributed by atoms with Gasteiger partial charge in [0.05, 0.1) is 20.9 Å². The number of non-ortho nitro benzene ring substituents is 1. The number of hydrazine groups is 1. The third-order valence-corrected chi connectivity index (χ3v) is 4.30. The Kier molecular flexibility index (Phi) is 4.89. The number of amides is 1. The van der Waals surface area contributed by atoms with E-state index in [-0.39, 0.29) is 22.9 Å². The first-order chi connectivity index (χ1) is 15.0. The SMILES string of the molecule is O=C(NNc1ncnc(-n2cnc3ccccc32)c1[N+](=O)[O-])c1ccc([N+](=O)[O-])cc1. The van der Waals surface area contributed by atoms with E-state index in [4.69, 9.17) is 0 Å². The number of benzene rings is 2. The fourth-order valence-electron chi connectivity index (χ4n) is 2.86. The molecule has 2 aromatic carbocycles. The molecule has 4 rings (SSSR count). The second-order valence-corrected chi connectivity index (χ2v) is 6.14. The van der Waals surface area contributed by atoms with Gasteiger partial charge in [-0.05, 0) is 24.3 Å². The zero-order valence-electron chi connectivity index (χ0n) is 15.5. The number of nitrogens with one attached hydrogen (secondary N) is 2. The van der Waals surface area contributed by atoms with Crippen molar-refractivity contribution in [3.8, 4) is 5.82 Å². The average Bonchev–Trinajstić information content (AvgIpc) is 3.21. The van der Waals surface area contributed by atoms with Gasteiger partial charge in [-0.25, -0.2) is 15.0 Å². The summed E-state index contributed by atoms with van der Waals surface area (Å²) in [6, 6.07) is 11.9. The Bertz CT molecular complexity index is 1320. The molecule has 13 heteroatoms. The summed E-state index contributed by atoms with van der Waals surface area (Å²) in [4.78, 5) is 45.6. The highest BCUT2D eigenvalue weighted by molar-refractivity contribution is 5.95. The molecule has 0 bridgehead atoms. The lowest BCUT2D eigenvalue weighted by atomic mass is 10.2. The normalized spacial score (nSPS) is 10.6. The summed E-state index contributed by atoms with van der Waals surface area (Å²) in [6.45, 7) is 0. The van der Waals surface area contributed by atoms with E-state index in [1.54, 1.807) is 24.3 Å². The second kappa shape index (κ2) is 7.82. The van der Waals surface area contributed by atoms with E-state index in [1.165, 1.54) is 35.2 Å². The molecule has 0 aliphatic heterocycles. The Morgan fingerprint density at radius 1 is 0.935 bits per heavy atom. The molecule has 0 saturated heterocycles. The summed E-state index contributed by atoms with van der Waals surface area (Å²) < 4.78 is 1.44. The van der Waals surface area contributed by atoms with Gasteiger partial charge in [0.2, 0.25) is 11.6 Å². The maximum atomic E-state index is 12.3. The van der Waals surface area contributed by atoms with Crippen molar-refractivity contribution < 1.29 is 14.6 Å². The van der Waals surface area contributed by atoms with Crippen LogP contribution >= 0.6 is 0 Å². The van der Waals surface area contributed by atoms with Crippen molar-refractivity contribution >= 4 is 34.1 Å². The first kappa shape index (κ1) is 19.4. The minimum Gasteiger partial charge on any atom is -0.277 e. The van der Waals surface area contributed by atoms with Crippen molar-refractivity contribution in [1.29, 1.82) is 0 Å². The Hall–Kier alpha value is -4.94. The maximum Gasteiger partial charge on any atom is 0.355 e. The molecular formula is C18H12N8O5. The van der Waals surface area contributed by atoms with Gasteiger partial charge in [0.25, 0.3) is 11.6 Å². The molecule has 0 spiro atoms. The topological polar surface area (TPSA) is 171 Å². The van der Waals surface area contributed by atoms with Crippen molar-refractivity contribution in [2.45, 2.75) is 0 Å². The van der Waals surface area contributed by atoms with Gasteiger partial charge in [0, 0.05) is 17.7 Å². The lowest BCUT2D eigenvalue weighted by Crippen LogP contribution is -2.30. The van der Waals surface area contributed by atoms with Crippen LogP contribution in [0.1, 0.15) is 10.4 Å². The molecular weight excluding hydrogens is 408 g/mol. The molecule has 0 radical (unpaired) electrons. The van der Waals surface area contributed by atoms with E-state index in [0.717, 1.165) is 6.33 Å². The number of carbonyl (C=O) groups excluding carboxylic acids is 1. The number of fused-ring (bicyclic) bond motifs is 1. The number of anilines is 1. The van der Waals surface area contributed by atoms with E-state index in [1.807, 2.05) is 0 Å². The molecule has 154 valence electrons. The van der Waals surface area contributed by atoms with E-state index < -0.39 is 21.4 Å². The number of hydrogen-bond acceptors (Lipinski definition) is 9. The molecule has 2 heterocycles. The second-order valence-electron chi connectivity index (χ2n) is 6.14. The van der Waals surface area contributed by atoms with Crippen LogP contribution in [0.25, 0.3) is 16.9 Å². The third-order valence-electron chi connectivity index (χ3n) is 4.30. The first-order valence-electron chi connectivity index (χ1n) is 8.68. The predicted molar refractivity (Wildman–Crippen MR) is 107 cm³/mol. The summed E-state index contributed by atoms with van der Waals surface area (Å²) in [5.74, 6) is -0.957. The number of nitrogens with zero attached hydrogens (tertiary/aromatic N) is 6. The highest BCUT2D eigenvalue weighted by Gasteiger charge is 2.26. The van der Waals surface area contributed by atoms with Crippen LogP contribution in [0, 0.1) is 20.2 Å². The van der Waals surface area contributed by atoms with Crippen LogP contribution in [0.4, 0.5) is 17.2 Å². The summed E-state index contributed by atoms with van der Waals surface area (Å²) in [5, 5.41) is 22.5. The molecule has 13 nitrogen and oxygen atoms in total. The van der Waals surface area contributed by atoms with Crippen LogP contribution in [-0.4, -0.2) is 35.3 Å². The molecule has 0 unspecified atom stereocenters. The number of imidazole rings is 1. The lowest BCUT2D eigenvalue weighted by molar-refractivity contribution is -0.384. The van der Waals surface area contributed by atoms with E-state index in [0.29, 0.717) is 11.0 Å². The fraction of sp³-hybridized carbons (Fsp3) is 0. The summed E-state index contributed by atoms with van der Waals surface area (Å²) >= 11 is 0. The molecule has 0 fully saturated rings. The van der Waals surface area contributed by atoms with Crippen LogP contribution in [0.3, 0.4) is 0 Å². The average molecular weight is 420 g/mol. The monoisotopic (exact) mass is 420 g/mol. The summed E-state index contributed by atoms with van der Waals surface area (Å²) in [7, 11) is 0. The third kappa shape index (κ3) is 3.69. The van der Waals surface area contributed by atoms with Crippen LogP contribution < -0.4 is 10.9 Å². The van der Waals surface area contributed by atoms with Crippen LogP contribution in [0.15, 0.2) is 61.2 Å². The Labute approximate surface area is 172 Å². The van der Waals surface area contributed by atoms with Crippen molar-refractivity contribution in [3.63, 3.8) is 0 Å². The fourth-order valence-corrected chi connectivity index (χ4v) is 2.86. The number of aromatic nitrogens is 4. The van der Waals surface area contributed by atoms with Crippen LogP contribution in [-0.2, 0) is 0 Å². The number of para-hydroxylation sites is 2. The van der Waals surface area contributed by atoms with E-state index in [9.17, 15) is 25.0 Å². The van der Waals surface area contributed by atoms with Crippen LogP contribution in [0.5, 0.6) is 0 Å². The minimum absolute atomic E-state index is 0.0409. The molecule has 2 aromatic heterocycles. The molecule has 1 amide bonds. The van der Waals surface area contributed by atoms with Gasteiger partial charge in [-0.1, -0.05) is 12.1 Å². The number of nitro benzene ring substituents is 1. The highest BCUT2D eigenvalue weighted by Crippen LogP contribution is 2.29. The largest absolute Gasteiger partial charge is 0.355 e. The standard InChI is InChI=1S/C18H12N8O5/c27-18(11-5-7-12(8-6-11)25(28)29)23-22-16-15(26(30)31)17(20-9-19-16)24-10-21-13-3-1-2-4-14(13)24/h1-10H,(H,23,27)(H,19,20,22). The van der Waals surface area contributed by atoms with Crippen molar-refractivity contribution in [2.75, 3.05) is 5.43 Å². The van der Waals surface area contributed by atoms with Gasteiger partial charge < -0.3 is 0 Å². The number of rotatable bonds is 6. The summed E-state index contributed by atoms with van der Waals surface area (Å²) in [5.41, 5.74) is 5.39. The van der Waals surface area contributed by atoms with Crippen molar-refractivity contribution in [2.24, 2.45) is 0 Å². The molecule has 0 atom stereocenters. The lowest BCUT2D eigenvalue weighted by Gasteiger charge is -2.10. The predicted octanol–water partition coefficient (Wildman–Crippen LogP) is 2.39. The zero-order valence-corrected chi connectivity index (χ0v) is 15.5. The minimum atomic E-state index is -0.676. The van der Waals surface area contributed by atoms with E-state index in [2.05, 4.69) is 25.8 Å². The van der Waals surface area contributed by atoms with Gasteiger partial charge in [-0.15, -0.1) is 0 Å². The first-order valence-corrected chi connectivity index (χ1v) is 8.68. The quantitative estimate of drug-likeness (QED) is 0.351. The van der Waals surface area contributed by atoms with Gasteiger partial charge >= 0.3 is 5.69 Å². The highest BCUT2D eigenvalue weighted by atomic mass is 16.6. The molecule has 4 aromatic rings. The zero-order chi connectivity index (χ0) is 22.0. The Morgan fingerprint density at radius 3 is 2.39 bits per heavy atom. The maximum absolute atomic E-state index is 12.3. The van der Waals surface area contributed by atoms with Gasteiger partial charge in [-0.3, -0.25) is 40.4 Å². The van der Waals surface area contributed by atoms with Crippen LogP contribution in [0.2, 0.25) is 0 Å². The number of hydrogen-bond donors (Lipinski definition) is 2. The Balaban J connectivity index is 1.63. The van der Waals surface area contributed by atoms with Gasteiger partial charge in [0.1, 0.15) is 12.7 Å². The Morgan fingerprint density at radius 2 is 1.68 bits per heavy atom. The molecule has 0 aliphatic carbocycles. The molecule has 2 N–H and O–H groups in total. The summed E-state index contributed by atoms with van der Waals surface area (Å²) in [6.07, 6.45) is 2.51. The van der Waals surface area contributed by atoms with Crippen molar-refractivity contribution in [1.82, 2.24) is 24.9 Å². The molecule has 31 heavy (non-hydrogen) atoms. The van der Waals surface area contributed by atoms with Crippen molar-refractivity contribution in [3.05, 3.63) is 87.0 Å². The van der Waals surface area contributed by atoms with Gasteiger partial charge in [0.15, 0.2) is 0 Å². The van der Waals surface area contributed by atoms with Gasteiger partial charge in [-0.2, -0.15) is 0 Å². The molecule has 0 saturated carbocycles. The smallest absolute Gasteiger partial charge is 0.277 e. The van der Waals surface area contributed by atoms with E-state index >= 15 is 0 Å².